The zero-order chi connectivity index (χ0) is 5.98. The first-order valence-electron chi connectivity index (χ1n) is 2.53. The second kappa shape index (κ2) is 1.94. The highest BCUT2D eigenvalue weighted by Crippen LogP contribution is 2.05. The maximum Gasteiger partial charge on any atom is 0.189 e. The molecule has 8 heavy (non-hydrogen) atoms. The van der Waals surface area contributed by atoms with Crippen LogP contribution in [0, 0.1) is 0 Å². The fourth-order valence-corrected chi connectivity index (χ4v) is 0.557. The Hall–Kier alpha value is -0.860. The molecule has 0 aromatic heterocycles. The SMILES string of the molecule is [NH3+]c1ccccc1[NH3+]. The van der Waals surface area contributed by atoms with Crippen LogP contribution in [0.15, 0.2) is 24.3 Å². The minimum Gasteiger partial charge on any atom is -0.320 e. The molecule has 0 saturated carbocycles. The van der Waals surface area contributed by atoms with Crippen molar-refractivity contribution >= 4 is 11.4 Å². The molecule has 0 spiro atoms. The molecule has 6 N–H and O–H groups in total. The van der Waals surface area contributed by atoms with Crippen LogP contribution >= 0.6 is 0 Å². The third kappa shape index (κ3) is 0.857. The maximum absolute atomic E-state index is 3.76. The molecule has 2 heteroatoms. The lowest BCUT2D eigenvalue weighted by atomic mass is 10.3. The molecule has 0 atom stereocenters. The predicted molar refractivity (Wildman–Crippen MR) is 31.5 cm³/mol. The van der Waals surface area contributed by atoms with Gasteiger partial charge in [-0.1, -0.05) is 12.1 Å². The van der Waals surface area contributed by atoms with Crippen molar-refractivity contribution in [1.82, 2.24) is 0 Å². The molecule has 0 aliphatic rings. The fourth-order valence-electron chi connectivity index (χ4n) is 0.557. The van der Waals surface area contributed by atoms with Crippen molar-refractivity contribution < 1.29 is 11.5 Å². The topological polar surface area (TPSA) is 55.3 Å². The summed E-state index contributed by atoms with van der Waals surface area (Å²) in [5, 5.41) is 0. The van der Waals surface area contributed by atoms with Gasteiger partial charge in [0.05, 0.1) is 0 Å². The smallest absolute Gasteiger partial charge is 0.189 e. The van der Waals surface area contributed by atoms with E-state index in [0.29, 0.717) is 0 Å². The summed E-state index contributed by atoms with van der Waals surface area (Å²) < 4.78 is 0. The summed E-state index contributed by atoms with van der Waals surface area (Å²) in [7, 11) is 0. The summed E-state index contributed by atoms with van der Waals surface area (Å²) in [6, 6.07) is 7.80. The van der Waals surface area contributed by atoms with Crippen molar-refractivity contribution in [2.45, 2.75) is 0 Å². The minimum atomic E-state index is 1.01. The van der Waals surface area contributed by atoms with E-state index in [1.54, 1.807) is 0 Å². The van der Waals surface area contributed by atoms with E-state index in [9.17, 15) is 0 Å². The Morgan fingerprint density at radius 2 is 1.25 bits per heavy atom. The Morgan fingerprint density at radius 1 is 0.875 bits per heavy atom. The quantitative estimate of drug-likeness (QED) is 0.449. The molecular weight excluding hydrogens is 100 g/mol. The van der Waals surface area contributed by atoms with E-state index in [2.05, 4.69) is 11.5 Å². The van der Waals surface area contributed by atoms with Crippen molar-refractivity contribution in [2.24, 2.45) is 0 Å². The van der Waals surface area contributed by atoms with Crippen molar-refractivity contribution in [3.63, 3.8) is 0 Å². The molecule has 1 aromatic carbocycles. The van der Waals surface area contributed by atoms with Gasteiger partial charge in [-0.2, -0.15) is 0 Å². The summed E-state index contributed by atoms with van der Waals surface area (Å²) in [6.45, 7) is 0. The van der Waals surface area contributed by atoms with Gasteiger partial charge in [-0.05, 0) is 0 Å². The largest absolute Gasteiger partial charge is 0.320 e. The molecule has 1 aromatic rings. The molecule has 0 bridgehead atoms. The summed E-state index contributed by atoms with van der Waals surface area (Å²) in [5.41, 5.74) is 9.53. The third-order valence-electron chi connectivity index (χ3n) is 1.12. The van der Waals surface area contributed by atoms with Crippen LogP contribution in [0.3, 0.4) is 0 Å². The van der Waals surface area contributed by atoms with Crippen molar-refractivity contribution in [1.29, 1.82) is 0 Å². The van der Waals surface area contributed by atoms with E-state index in [1.165, 1.54) is 0 Å². The lowest BCUT2D eigenvalue weighted by molar-refractivity contribution is -0.299. The Bertz CT molecular complexity index is 163. The van der Waals surface area contributed by atoms with E-state index in [4.69, 9.17) is 0 Å². The van der Waals surface area contributed by atoms with Gasteiger partial charge in [-0.3, -0.25) is 0 Å². The molecule has 0 fully saturated rings. The second-order valence-corrected chi connectivity index (χ2v) is 1.77. The highest BCUT2D eigenvalue weighted by atomic mass is 14.7. The average molecular weight is 110 g/mol. The van der Waals surface area contributed by atoms with Crippen LogP contribution in [0.1, 0.15) is 0 Å². The zero-order valence-corrected chi connectivity index (χ0v) is 4.72. The van der Waals surface area contributed by atoms with Gasteiger partial charge in [0.2, 0.25) is 0 Å². The second-order valence-electron chi connectivity index (χ2n) is 1.77. The van der Waals surface area contributed by atoms with E-state index < -0.39 is 0 Å². The molecule has 0 saturated heterocycles. The monoisotopic (exact) mass is 110 g/mol. The molecule has 2 nitrogen and oxygen atoms in total. The van der Waals surface area contributed by atoms with Crippen LogP contribution in [0.25, 0.3) is 0 Å². The van der Waals surface area contributed by atoms with E-state index in [1.807, 2.05) is 24.3 Å². The third-order valence-corrected chi connectivity index (χ3v) is 1.12. The van der Waals surface area contributed by atoms with Gasteiger partial charge < -0.3 is 11.5 Å². The summed E-state index contributed by atoms with van der Waals surface area (Å²) in [5.74, 6) is 0. The van der Waals surface area contributed by atoms with Crippen LogP contribution in [0.4, 0.5) is 11.4 Å². The molecule has 0 heterocycles. The Balaban J connectivity index is 3.13. The van der Waals surface area contributed by atoms with E-state index in [-0.39, 0.29) is 0 Å². The van der Waals surface area contributed by atoms with Crippen LogP contribution in [-0.2, 0) is 0 Å². The normalized spacial score (nSPS) is 9.25. The van der Waals surface area contributed by atoms with Gasteiger partial charge in [0.15, 0.2) is 11.4 Å². The van der Waals surface area contributed by atoms with E-state index >= 15 is 0 Å². The number of quaternary nitrogens is 2. The van der Waals surface area contributed by atoms with Gasteiger partial charge in [0.25, 0.3) is 0 Å². The first kappa shape index (κ1) is 5.28. The van der Waals surface area contributed by atoms with Gasteiger partial charge in [0, 0.05) is 12.1 Å². The van der Waals surface area contributed by atoms with Crippen LogP contribution in [-0.4, -0.2) is 0 Å². The molecule has 1 rings (SSSR count). The average Bonchev–Trinajstić information content (AvgIpc) is 1.77. The van der Waals surface area contributed by atoms with Gasteiger partial charge in [-0.15, -0.1) is 0 Å². The number of benzene rings is 1. The Morgan fingerprint density at radius 3 is 1.50 bits per heavy atom. The van der Waals surface area contributed by atoms with Gasteiger partial charge >= 0.3 is 0 Å². The molecular formula is C6H10N2+2. The van der Waals surface area contributed by atoms with Crippen molar-refractivity contribution in [3.8, 4) is 0 Å². The molecule has 0 amide bonds. The molecule has 0 aliphatic heterocycles. The highest BCUT2D eigenvalue weighted by Gasteiger charge is 1.94. The first-order valence-corrected chi connectivity index (χ1v) is 2.53. The van der Waals surface area contributed by atoms with Crippen LogP contribution in [0.2, 0.25) is 0 Å². The van der Waals surface area contributed by atoms with E-state index in [0.717, 1.165) is 11.4 Å². The summed E-state index contributed by atoms with van der Waals surface area (Å²) in [4.78, 5) is 0. The minimum absolute atomic E-state index is 1.01. The van der Waals surface area contributed by atoms with Crippen LogP contribution < -0.4 is 11.5 Å². The van der Waals surface area contributed by atoms with Crippen LogP contribution in [0.5, 0.6) is 0 Å². The summed E-state index contributed by atoms with van der Waals surface area (Å²) >= 11 is 0. The Kier molecular flexibility index (Phi) is 1.28. The van der Waals surface area contributed by atoms with Gasteiger partial charge in [0.1, 0.15) is 0 Å². The standard InChI is InChI=1S/C6H8N2/c7-5-3-1-2-4-6(5)8/h1-4H,7-8H2/p+2. The molecule has 0 radical (unpaired) electrons. The Labute approximate surface area is 48.1 Å². The number of rotatable bonds is 0. The fraction of sp³-hybridized carbons (Fsp3) is 0. The maximum atomic E-state index is 3.76. The molecule has 0 unspecified atom stereocenters. The predicted octanol–water partition coefficient (Wildman–Crippen LogP) is -0.567. The lowest BCUT2D eigenvalue weighted by Crippen LogP contribution is -2.49. The van der Waals surface area contributed by atoms with Crippen molar-refractivity contribution in [2.75, 3.05) is 0 Å². The van der Waals surface area contributed by atoms with Gasteiger partial charge in [-0.25, -0.2) is 0 Å². The number of hydrogen-bond donors (Lipinski definition) is 2. The lowest BCUT2D eigenvalue weighted by Gasteiger charge is -1.85. The zero-order valence-electron chi connectivity index (χ0n) is 4.72. The van der Waals surface area contributed by atoms with Crippen molar-refractivity contribution in [3.05, 3.63) is 24.3 Å². The number of hydrogen-bond acceptors (Lipinski definition) is 0. The molecule has 0 aliphatic carbocycles. The first-order chi connectivity index (χ1) is 3.80. The summed E-state index contributed by atoms with van der Waals surface area (Å²) in [6.07, 6.45) is 0. The molecule has 42 valence electrons. The highest BCUT2D eigenvalue weighted by molar-refractivity contribution is 5.48.